The van der Waals surface area contributed by atoms with Gasteiger partial charge in [0.2, 0.25) is 0 Å². The molecular formula is C16H31N7. The highest BCUT2D eigenvalue weighted by molar-refractivity contribution is 5.80. The van der Waals surface area contributed by atoms with E-state index in [2.05, 4.69) is 58.4 Å². The Morgan fingerprint density at radius 1 is 1.39 bits per heavy atom. The number of H-pyrrole nitrogens is 1. The molecule has 0 aliphatic carbocycles. The Morgan fingerprint density at radius 3 is 2.70 bits per heavy atom. The molecule has 0 aromatic carbocycles. The number of nitrogens with zero attached hydrogens (tertiary/aromatic N) is 4. The van der Waals surface area contributed by atoms with Gasteiger partial charge in [-0.15, -0.1) is 0 Å². The number of rotatable bonds is 5. The molecule has 1 aliphatic heterocycles. The molecule has 7 heteroatoms. The zero-order valence-electron chi connectivity index (χ0n) is 14.9. The average Bonchev–Trinajstić information content (AvgIpc) is 3.04. The largest absolute Gasteiger partial charge is 0.357 e. The summed E-state index contributed by atoms with van der Waals surface area (Å²) in [7, 11) is 0. The molecule has 2 rings (SSSR count). The summed E-state index contributed by atoms with van der Waals surface area (Å²) in [6, 6.07) is 0. The van der Waals surface area contributed by atoms with Gasteiger partial charge in [0, 0.05) is 37.6 Å². The Kier molecular flexibility index (Phi) is 6.38. The summed E-state index contributed by atoms with van der Waals surface area (Å²) in [4.78, 5) is 11.4. The molecule has 0 amide bonds. The lowest BCUT2D eigenvalue weighted by Gasteiger charge is -2.33. The van der Waals surface area contributed by atoms with Gasteiger partial charge in [0.1, 0.15) is 12.2 Å². The van der Waals surface area contributed by atoms with Crippen LogP contribution >= 0.6 is 0 Å². The molecule has 1 aliphatic rings. The van der Waals surface area contributed by atoms with Gasteiger partial charge in [0.05, 0.1) is 6.54 Å². The van der Waals surface area contributed by atoms with Crippen molar-refractivity contribution in [3.63, 3.8) is 0 Å². The van der Waals surface area contributed by atoms with Crippen LogP contribution in [0.2, 0.25) is 0 Å². The van der Waals surface area contributed by atoms with Crippen molar-refractivity contribution < 1.29 is 0 Å². The summed E-state index contributed by atoms with van der Waals surface area (Å²) < 4.78 is 0. The normalized spacial score (nSPS) is 17.6. The van der Waals surface area contributed by atoms with Crippen molar-refractivity contribution in [2.75, 3.05) is 32.7 Å². The zero-order chi connectivity index (χ0) is 16.7. The molecule has 130 valence electrons. The maximum absolute atomic E-state index is 4.76. The van der Waals surface area contributed by atoms with Crippen molar-refractivity contribution in [3.8, 4) is 0 Å². The quantitative estimate of drug-likeness (QED) is 0.433. The monoisotopic (exact) mass is 321 g/mol. The van der Waals surface area contributed by atoms with E-state index in [0.717, 1.165) is 57.3 Å². The summed E-state index contributed by atoms with van der Waals surface area (Å²) in [6.45, 7) is 13.2. The first kappa shape index (κ1) is 17.7. The second-order valence-corrected chi connectivity index (χ2v) is 7.04. The first-order chi connectivity index (χ1) is 11.0. The number of piperidine rings is 1. The first-order valence-electron chi connectivity index (χ1n) is 8.63. The van der Waals surface area contributed by atoms with Crippen LogP contribution in [-0.4, -0.2) is 64.3 Å². The highest BCUT2D eigenvalue weighted by atomic mass is 15.3. The molecule has 1 aromatic heterocycles. The summed E-state index contributed by atoms with van der Waals surface area (Å²) in [5, 5.41) is 13.8. The van der Waals surface area contributed by atoms with E-state index in [1.807, 2.05) is 0 Å². The molecule has 23 heavy (non-hydrogen) atoms. The minimum absolute atomic E-state index is 0.142. The van der Waals surface area contributed by atoms with E-state index >= 15 is 0 Å². The minimum Gasteiger partial charge on any atom is -0.357 e. The van der Waals surface area contributed by atoms with Gasteiger partial charge in [-0.3, -0.25) is 10.1 Å². The van der Waals surface area contributed by atoms with Gasteiger partial charge in [-0.05, 0) is 40.5 Å². The Balaban J connectivity index is 1.84. The number of nitrogens with one attached hydrogen (secondary N) is 3. The van der Waals surface area contributed by atoms with Crippen LogP contribution in [0.25, 0.3) is 0 Å². The maximum Gasteiger partial charge on any atom is 0.193 e. The second-order valence-electron chi connectivity index (χ2n) is 7.04. The third kappa shape index (κ3) is 5.82. The summed E-state index contributed by atoms with van der Waals surface area (Å²) in [6.07, 6.45) is 3.76. The Hall–Kier alpha value is -1.63. The first-order valence-corrected chi connectivity index (χ1v) is 8.63. The van der Waals surface area contributed by atoms with Crippen molar-refractivity contribution in [1.29, 1.82) is 0 Å². The molecular weight excluding hydrogens is 290 g/mol. The smallest absolute Gasteiger partial charge is 0.193 e. The Morgan fingerprint density at radius 2 is 2.13 bits per heavy atom. The predicted molar refractivity (Wildman–Crippen MR) is 93.7 cm³/mol. The van der Waals surface area contributed by atoms with Gasteiger partial charge < -0.3 is 15.5 Å². The molecule has 3 N–H and O–H groups in total. The van der Waals surface area contributed by atoms with Gasteiger partial charge in [0.15, 0.2) is 5.96 Å². The van der Waals surface area contributed by atoms with Gasteiger partial charge in [-0.1, -0.05) is 0 Å². The van der Waals surface area contributed by atoms with Crippen molar-refractivity contribution in [2.24, 2.45) is 4.99 Å². The van der Waals surface area contributed by atoms with Crippen molar-refractivity contribution >= 4 is 5.96 Å². The lowest BCUT2D eigenvalue weighted by Crippen LogP contribution is -2.46. The summed E-state index contributed by atoms with van der Waals surface area (Å²) >= 11 is 0. The number of aromatic nitrogens is 3. The third-order valence-corrected chi connectivity index (χ3v) is 3.98. The molecule has 1 saturated heterocycles. The lowest BCUT2D eigenvalue weighted by atomic mass is 9.96. The van der Waals surface area contributed by atoms with E-state index in [-0.39, 0.29) is 5.54 Å². The van der Waals surface area contributed by atoms with Gasteiger partial charge in [-0.2, -0.15) is 5.10 Å². The Labute approximate surface area is 139 Å². The van der Waals surface area contributed by atoms with E-state index in [9.17, 15) is 0 Å². The molecule has 1 fully saturated rings. The molecule has 0 unspecified atom stereocenters. The van der Waals surface area contributed by atoms with Crippen molar-refractivity contribution in [1.82, 2.24) is 30.7 Å². The number of hydrogen-bond acceptors (Lipinski definition) is 4. The van der Waals surface area contributed by atoms with E-state index in [4.69, 9.17) is 4.99 Å². The number of aromatic amines is 1. The van der Waals surface area contributed by atoms with Crippen molar-refractivity contribution in [3.05, 3.63) is 12.2 Å². The third-order valence-electron chi connectivity index (χ3n) is 3.98. The predicted octanol–water partition coefficient (Wildman–Crippen LogP) is 1.34. The van der Waals surface area contributed by atoms with Crippen LogP contribution in [0, 0.1) is 0 Å². The van der Waals surface area contributed by atoms with Crippen LogP contribution in [0.4, 0.5) is 0 Å². The van der Waals surface area contributed by atoms with Gasteiger partial charge in [-0.25, -0.2) is 4.98 Å². The van der Waals surface area contributed by atoms with E-state index < -0.39 is 0 Å². The Bertz CT molecular complexity index is 467. The second kappa shape index (κ2) is 8.29. The van der Waals surface area contributed by atoms with Crippen LogP contribution in [-0.2, 0) is 0 Å². The van der Waals surface area contributed by atoms with Crippen LogP contribution < -0.4 is 10.6 Å². The topological polar surface area (TPSA) is 81.2 Å². The van der Waals surface area contributed by atoms with Crippen molar-refractivity contribution in [2.45, 2.75) is 52.0 Å². The molecule has 7 nitrogen and oxygen atoms in total. The molecule has 2 heterocycles. The van der Waals surface area contributed by atoms with Gasteiger partial charge in [0.25, 0.3) is 0 Å². The molecule has 0 spiro atoms. The zero-order valence-corrected chi connectivity index (χ0v) is 14.9. The molecule has 0 radical (unpaired) electrons. The highest BCUT2D eigenvalue weighted by Gasteiger charge is 2.24. The fourth-order valence-corrected chi connectivity index (χ4v) is 2.79. The average molecular weight is 321 g/mol. The lowest BCUT2D eigenvalue weighted by molar-refractivity contribution is 0.298. The van der Waals surface area contributed by atoms with Crippen LogP contribution in [0.5, 0.6) is 0 Å². The maximum atomic E-state index is 4.76. The molecule has 1 aromatic rings. The SMILES string of the molecule is CCNC(=NCCNC(C)(C)C)N1CCC(c2ncn[nH]2)CC1. The molecule has 0 atom stereocenters. The van der Waals surface area contributed by atoms with E-state index in [1.54, 1.807) is 6.33 Å². The standard InChI is InChI=1S/C16H31N7/c1-5-17-15(18-8-9-20-16(2,3)4)23-10-6-13(7-11-23)14-19-12-21-22-14/h12-13,20H,5-11H2,1-4H3,(H,17,18)(H,19,21,22). The molecule has 0 saturated carbocycles. The summed E-state index contributed by atoms with van der Waals surface area (Å²) in [5.41, 5.74) is 0.142. The van der Waals surface area contributed by atoms with E-state index in [1.165, 1.54) is 0 Å². The van der Waals surface area contributed by atoms with Crippen LogP contribution in [0.3, 0.4) is 0 Å². The fourth-order valence-electron chi connectivity index (χ4n) is 2.79. The number of likely N-dealkylation sites (tertiary alicyclic amines) is 1. The number of aliphatic imine (C=N–C) groups is 1. The van der Waals surface area contributed by atoms with Crippen LogP contribution in [0.1, 0.15) is 52.3 Å². The molecule has 0 bridgehead atoms. The number of guanidine groups is 1. The fraction of sp³-hybridized carbons (Fsp3) is 0.812. The van der Waals surface area contributed by atoms with Crippen LogP contribution in [0.15, 0.2) is 11.3 Å². The van der Waals surface area contributed by atoms with E-state index in [0.29, 0.717) is 5.92 Å². The highest BCUT2D eigenvalue weighted by Crippen LogP contribution is 2.24. The summed E-state index contributed by atoms with van der Waals surface area (Å²) in [5.74, 6) is 2.53. The van der Waals surface area contributed by atoms with Gasteiger partial charge >= 0.3 is 0 Å². The number of hydrogen-bond donors (Lipinski definition) is 3. The minimum atomic E-state index is 0.142.